The van der Waals surface area contributed by atoms with Crippen LogP contribution in [-0.2, 0) is 9.53 Å². The molecule has 0 saturated carbocycles. The van der Waals surface area contributed by atoms with Crippen LogP contribution >= 0.6 is 0 Å². The normalized spacial score (nSPS) is 27.6. The van der Waals surface area contributed by atoms with E-state index in [1.807, 2.05) is 4.90 Å². The van der Waals surface area contributed by atoms with E-state index < -0.39 is 5.82 Å². The molecule has 3 fully saturated rings. The quantitative estimate of drug-likeness (QED) is 0.790. The van der Waals surface area contributed by atoms with Crippen LogP contribution in [0, 0.1) is 5.82 Å². The van der Waals surface area contributed by atoms with Crippen molar-refractivity contribution < 1.29 is 13.9 Å². The van der Waals surface area contributed by atoms with Crippen molar-refractivity contribution in [2.75, 3.05) is 50.8 Å². The van der Waals surface area contributed by atoms with Crippen molar-refractivity contribution in [2.24, 2.45) is 0 Å². The van der Waals surface area contributed by atoms with Crippen LogP contribution in [0.2, 0.25) is 0 Å². The summed E-state index contributed by atoms with van der Waals surface area (Å²) >= 11 is 0. The Labute approximate surface area is 146 Å². The van der Waals surface area contributed by atoms with Crippen LogP contribution in [0.15, 0.2) is 12.4 Å². The van der Waals surface area contributed by atoms with Crippen LogP contribution in [0.3, 0.4) is 0 Å². The summed E-state index contributed by atoms with van der Waals surface area (Å²) in [7, 11) is 0. The van der Waals surface area contributed by atoms with Gasteiger partial charge < -0.3 is 14.5 Å². The van der Waals surface area contributed by atoms with Crippen molar-refractivity contribution in [1.82, 2.24) is 19.8 Å². The molecular formula is C17H24FN5O2. The Morgan fingerprint density at radius 2 is 1.84 bits per heavy atom. The molecule has 0 radical (unpaired) electrons. The number of halogens is 1. The number of piperidine rings is 1. The lowest BCUT2D eigenvalue weighted by Crippen LogP contribution is -2.54. The molecule has 0 bridgehead atoms. The van der Waals surface area contributed by atoms with Gasteiger partial charge in [0.25, 0.3) is 0 Å². The number of hydrogen-bond donors (Lipinski definition) is 0. The number of carbonyl (C=O) groups excluding carboxylic acids is 1. The largest absolute Gasteiger partial charge is 0.379 e. The van der Waals surface area contributed by atoms with Crippen LogP contribution in [0.25, 0.3) is 0 Å². The first-order valence-electron chi connectivity index (χ1n) is 9.06. The predicted octanol–water partition coefficient (Wildman–Crippen LogP) is 0.518. The van der Waals surface area contributed by atoms with E-state index >= 15 is 0 Å². The summed E-state index contributed by atoms with van der Waals surface area (Å²) in [6.07, 6.45) is 4.71. The number of fused-ring (bicyclic) bond motifs is 1. The number of amides is 1. The SMILES string of the molecule is O=C1CC[C@@H]2[C@@H](CCN2c2ncc(F)cn2)N1CCN1CCOCC1. The molecule has 136 valence electrons. The Bertz CT molecular complexity index is 608. The summed E-state index contributed by atoms with van der Waals surface area (Å²) in [5.74, 6) is 0.387. The Hall–Kier alpha value is -1.80. The smallest absolute Gasteiger partial charge is 0.225 e. The Kier molecular flexibility index (Phi) is 4.80. The van der Waals surface area contributed by atoms with E-state index in [0.717, 1.165) is 58.8 Å². The van der Waals surface area contributed by atoms with Crippen molar-refractivity contribution in [2.45, 2.75) is 31.3 Å². The highest BCUT2D eigenvalue weighted by molar-refractivity contribution is 5.78. The highest BCUT2D eigenvalue weighted by Gasteiger charge is 2.43. The summed E-state index contributed by atoms with van der Waals surface area (Å²) in [4.78, 5) is 27.3. The van der Waals surface area contributed by atoms with Gasteiger partial charge in [0.2, 0.25) is 11.9 Å². The summed E-state index contributed by atoms with van der Waals surface area (Å²) in [6, 6.07) is 0.434. The monoisotopic (exact) mass is 349 g/mol. The highest BCUT2D eigenvalue weighted by Crippen LogP contribution is 2.33. The molecular weight excluding hydrogens is 325 g/mol. The maximum Gasteiger partial charge on any atom is 0.225 e. The first-order chi connectivity index (χ1) is 12.2. The van der Waals surface area contributed by atoms with Crippen molar-refractivity contribution in [3.63, 3.8) is 0 Å². The molecule has 0 spiro atoms. The lowest BCUT2D eigenvalue weighted by molar-refractivity contribution is -0.136. The molecule has 3 aliphatic heterocycles. The third-order valence-corrected chi connectivity index (χ3v) is 5.51. The number of ether oxygens (including phenoxy) is 1. The Morgan fingerprint density at radius 1 is 1.08 bits per heavy atom. The van der Waals surface area contributed by atoms with Crippen molar-refractivity contribution in [3.8, 4) is 0 Å². The van der Waals surface area contributed by atoms with E-state index in [-0.39, 0.29) is 18.0 Å². The molecule has 1 amide bonds. The van der Waals surface area contributed by atoms with Crippen LogP contribution in [-0.4, -0.2) is 83.7 Å². The van der Waals surface area contributed by atoms with Gasteiger partial charge in [0, 0.05) is 39.1 Å². The summed E-state index contributed by atoms with van der Waals surface area (Å²) < 4.78 is 18.5. The van der Waals surface area contributed by atoms with Gasteiger partial charge in [-0.25, -0.2) is 14.4 Å². The first kappa shape index (κ1) is 16.7. The third kappa shape index (κ3) is 3.46. The zero-order valence-electron chi connectivity index (χ0n) is 14.3. The molecule has 3 aliphatic rings. The molecule has 0 aliphatic carbocycles. The van der Waals surface area contributed by atoms with E-state index in [9.17, 15) is 9.18 Å². The second-order valence-electron chi connectivity index (χ2n) is 6.90. The molecule has 0 aromatic carbocycles. The molecule has 25 heavy (non-hydrogen) atoms. The Morgan fingerprint density at radius 3 is 2.60 bits per heavy atom. The van der Waals surface area contributed by atoms with Crippen molar-refractivity contribution in [3.05, 3.63) is 18.2 Å². The fourth-order valence-electron chi connectivity index (χ4n) is 4.22. The van der Waals surface area contributed by atoms with Crippen LogP contribution in [0.1, 0.15) is 19.3 Å². The van der Waals surface area contributed by atoms with E-state index in [1.54, 1.807) is 0 Å². The van der Waals surface area contributed by atoms with Crippen LogP contribution in [0.5, 0.6) is 0 Å². The number of anilines is 1. The number of likely N-dealkylation sites (tertiary alicyclic amines) is 1. The predicted molar refractivity (Wildman–Crippen MR) is 89.7 cm³/mol. The number of hydrogen-bond acceptors (Lipinski definition) is 6. The molecule has 8 heteroatoms. The molecule has 1 aromatic heterocycles. The molecule has 7 nitrogen and oxygen atoms in total. The average molecular weight is 349 g/mol. The number of carbonyl (C=O) groups is 1. The van der Waals surface area contributed by atoms with Gasteiger partial charge in [-0.05, 0) is 12.8 Å². The van der Waals surface area contributed by atoms with Gasteiger partial charge in [-0.15, -0.1) is 0 Å². The van der Waals surface area contributed by atoms with E-state index in [1.165, 1.54) is 12.4 Å². The lowest BCUT2D eigenvalue weighted by atomic mass is 9.96. The standard InChI is InChI=1S/C17H24FN5O2/c18-13-11-19-17(20-12-13)23-4-3-15-14(23)1-2-16(24)22(15)6-5-21-7-9-25-10-8-21/h11-12,14-15H,1-10H2/t14-,15-/m1/s1. The van der Waals surface area contributed by atoms with Crippen LogP contribution in [0.4, 0.5) is 10.3 Å². The fraction of sp³-hybridized carbons (Fsp3) is 0.706. The van der Waals surface area contributed by atoms with E-state index in [2.05, 4.69) is 19.8 Å². The maximum absolute atomic E-state index is 13.1. The minimum absolute atomic E-state index is 0.205. The topological polar surface area (TPSA) is 61.8 Å². The number of rotatable bonds is 4. The maximum atomic E-state index is 13.1. The molecule has 0 unspecified atom stereocenters. The Balaban J connectivity index is 1.42. The van der Waals surface area contributed by atoms with Crippen molar-refractivity contribution in [1.29, 1.82) is 0 Å². The number of aromatic nitrogens is 2. The van der Waals surface area contributed by atoms with E-state index in [4.69, 9.17) is 4.74 Å². The first-order valence-corrected chi connectivity index (χ1v) is 9.06. The highest BCUT2D eigenvalue weighted by atomic mass is 19.1. The molecule has 4 heterocycles. The van der Waals surface area contributed by atoms with Gasteiger partial charge in [0.05, 0.1) is 37.7 Å². The molecule has 3 saturated heterocycles. The minimum atomic E-state index is -0.426. The molecule has 1 aromatic rings. The molecule has 0 N–H and O–H groups in total. The van der Waals surface area contributed by atoms with Gasteiger partial charge >= 0.3 is 0 Å². The second-order valence-corrected chi connectivity index (χ2v) is 6.90. The van der Waals surface area contributed by atoms with Crippen molar-refractivity contribution >= 4 is 11.9 Å². The van der Waals surface area contributed by atoms with Gasteiger partial charge in [0.15, 0.2) is 5.82 Å². The third-order valence-electron chi connectivity index (χ3n) is 5.51. The number of morpholine rings is 1. The van der Waals surface area contributed by atoms with Gasteiger partial charge in [-0.3, -0.25) is 9.69 Å². The average Bonchev–Trinajstić information content (AvgIpc) is 3.06. The van der Waals surface area contributed by atoms with Crippen LogP contribution < -0.4 is 4.90 Å². The summed E-state index contributed by atoms with van der Waals surface area (Å²) in [6.45, 7) is 5.88. The summed E-state index contributed by atoms with van der Waals surface area (Å²) in [5, 5.41) is 0. The molecule has 4 rings (SSSR count). The second kappa shape index (κ2) is 7.21. The zero-order chi connectivity index (χ0) is 17.2. The minimum Gasteiger partial charge on any atom is -0.379 e. The van der Waals surface area contributed by atoms with Gasteiger partial charge in [-0.1, -0.05) is 0 Å². The van der Waals surface area contributed by atoms with Gasteiger partial charge in [-0.2, -0.15) is 0 Å². The number of nitrogens with zero attached hydrogens (tertiary/aromatic N) is 5. The zero-order valence-corrected chi connectivity index (χ0v) is 14.3. The fourth-order valence-corrected chi connectivity index (χ4v) is 4.22. The van der Waals surface area contributed by atoms with Gasteiger partial charge in [0.1, 0.15) is 0 Å². The summed E-state index contributed by atoms with van der Waals surface area (Å²) in [5.41, 5.74) is 0. The lowest BCUT2D eigenvalue weighted by Gasteiger charge is -2.40. The van der Waals surface area contributed by atoms with E-state index in [0.29, 0.717) is 12.4 Å². The molecule has 2 atom stereocenters.